The van der Waals surface area contributed by atoms with Crippen LogP contribution in [0.2, 0.25) is 5.02 Å². The lowest BCUT2D eigenvalue weighted by atomic mass is 9.82. The fraction of sp³-hybridized carbons (Fsp3) is 0.391. The third-order valence-corrected chi connectivity index (χ3v) is 6.56. The van der Waals surface area contributed by atoms with Crippen molar-refractivity contribution in [1.29, 1.82) is 0 Å². The molecule has 1 saturated heterocycles. The number of nitrogens with zero attached hydrogens (tertiary/aromatic N) is 4. The number of hydrogen-bond donors (Lipinski definition) is 1. The number of piperidine rings is 1. The number of fused-ring (bicyclic) bond motifs is 4. The van der Waals surface area contributed by atoms with Crippen molar-refractivity contribution in [2.24, 2.45) is 0 Å². The van der Waals surface area contributed by atoms with Crippen LogP contribution in [0, 0.1) is 5.82 Å². The number of hydrogen-bond acceptors (Lipinski definition) is 4. The van der Waals surface area contributed by atoms with Crippen LogP contribution in [-0.2, 0) is 12.1 Å². The average Bonchev–Trinajstić information content (AvgIpc) is 3.19. The minimum absolute atomic E-state index is 0.195. The number of likely N-dealkylation sites (tertiary alicyclic amines) is 1. The fourth-order valence-corrected chi connectivity index (χ4v) is 4.94. The van der Waals surface area contributed by atoms with Crippen molar-refractivity contribution in [1.82, 2.24) is 19.4 Å². The Bertz CT molecular complexity index is 1080. The number of imidazole rings is 1. The van der Waals surface area contributed by atoms with E-state index in [2.05, 4.69) is 33.6 Å². The van der Waals surface area contributed by atoms with Gasteiger partial charge in [0.25, 0.3) is 0 Å². The normalized spacial score (nSPS) is 17.6. The van der Waals surface area contributed by atoms with Crippen LogP contribution in [0.4, 0.5) is 10.1 Å². The van der Waals surface area contributed by atoms with E-state index < -0.39 is 0 Å². The summed E-state index contributed by atoms with van der Waals surface area (Å²) >= 11 is 6.07. The van der Waals surface area contributed by atoms with Gasteiger partial charge in [0.1, 0.15) is 11.6 Å². The smallest absolute Gasteiger partial charge is 0.127 e. The summed E-state index contributed by atoms with van der Waals surface area (Å²) in [7, 11) is 0. The number of anilines is 1. The molecule has 5 rings (SSSR count). The highest BCUT2D eigenvalue weighted by Crippen LogP contribution is 2.44. The fourth-order valence-electron chi connectivity index (χ4n) is 4.74. The van der Waals surface area contributed by atoms with Gasteiger partial charge < -0.3 is 5.32 Å². The van der Waals surface area contributed by atoms with Crippen LogP contribution in [0.3, 0.4) is 0 Å². The minimum Gasteiger partial charge on any atom is -0.371 e. The van der Waals surface area contributed by atoms with E-state index in [1.165, 1.54) is 11.8 Å². The number of aromatic nitrogens is 3. The highest BCUT2D eigenvalue weighted by atomic mass is 35.5. The summed E-state index contributed by atoms with van der Waals surface area (Å²) in [5.41, 5.74) is 3.81. The molecule has 1 spiro atoms. The molecule has 4 heterocycles. The number of pyridine rings is 1. The number of benzene rings is 1. The molecule has 0 aliphatic carbocycles. The number of halogens is 2. The van der Waals surface area contributed by atoms with E-state index in [4.69, 9.17) is 16.6 Å². The van der Waals surface area contributed by atoms with Crippen molar-refractivity contribution < 1.29 is 4.39 Å². The topological polar surface area (TPSA) is 46.0 Å². The van der Waals surface area contributed by atoms with E-state index in [9.17, 15) is 4.39 Å². The monoisotopic (exact) mass is 425 g/mol. The summed E-state index contributed by atoms with van der Waals surface area (Å²) in [5, 5.41) is 4.35. The van der Waals surface area contributed by atoms with Crippen molar-refractivity contribution in [2.45, 2.75) is 44.7 Å². The van der Waals surface area contributed by atoms with Crippen LogP contribution in [-0.4, -0.2) is 32.5 Å². The van der Waals surface area contributed by atoms with Gasteiger partial charge in [-0.25, -0.2) is 9.37 Å². The maximum absolute atomic E-state index is 14.2. The zero-order chi connectivity index (χ0) is 20.9. The Morgan fingerprint density at radius 1 is 1.20 bits per heavy atom. The predicted octanol–water partition coefficient (Wildman–Crippen LogP) is 5.10. The van der Waals surface area contributed by atoms with Crippen molar-refractivity contribution in [3.8, 4) is 5.69 Å². The predicted molar refractivity (Wildman–Crippen MR) is 117 cm³/mol. The summed E-state index contributed by atoms with van der Waals surface area (Å²) < 4.78 is 16.5. The standard InChI is InChI=1S/C23H25ClFN5/c1-15(2)22-27-13-21-23(28-19-12-26-8-5-20(19)30(21)22)6-9-29(10-7-23)14-16-11-17(24)3-4-18(16)25/h3-5,8,11-13,15,28H,6-7,9-10,14H2,1-2H3. The van der Waals surface area contributed by atoms with Crippen LogP contribution in [0.1, 0.15) is 49.7 Å². The summed E-state index contributed by atoms with van der Waals surface area (Å²) in [6, 6.07) is 6.81. The van der Waals surface area contributed by atoms with Gasteiger partial charge in [0.2, 0.25) is 0 Å². The second-order valence-corrected chi connectivity index (χ2v) is 9.04. The maximum atomic E-state index is 14.2. The lowest BCUT2D eigenvalue weighted by Crippen LogP contribution is -2.49. The first-order valence-electron chi connectivity index (χ1n) is 10.4. The first-order valence-corrected chi connectivity index (χ1v) is 10.8. The molecule has 2 aliphatic heterocycles. The van der Waals surface area contributed by atoms with Gasteiger partial charge in [-0.3, -0.25) is 14.5 Å². The Balaban J connectivity index is 1.44. The molecule has 0 atom stereocenters. The van der Waals surface area contributed by atoms with Gasteiger partial charge in [-0.05, 0) is 37.1 Å². The van der Waals surface area contributed by atoms with E-state index in [0.717, 1.165) is 43.1 Å². The first kappa shape index (κ1) is 19.5. The molecule has 5 nitrogen and oxygen atoms in total. The quantitative estimate of drug-likeness (QED) is 0.634. The molecular weight excluding hydrogens is 401 g/mol. The molecular formula is C23H25ClFN5. The second-order valence-electron chi connectivity index (χ2n) is 8.60. The van der Waals surface area contributed by atoms with Crippen molar-refractivity contribution >= 4 is 17.3 Å². The largest absolute Gasteiger partial charge is 0.371 e. The van der Waals surface area contributed by atoms with Crippen LogP contribution in [0.25, 0.3) is 5.69 Å². The third-order valence-electron chi connectivity index (χ3n) is 6.32. The molecule has 3 aromatic rings. The summed E-state index contributed by atoms with van der Waals surface area (Å²) in [5.74, 6) is 1.19. The third kappa shape index (κ3) is 3.19. The highest BCUT2D eigenvalue weighted by molar-refractivity contribution is 6.30. The summed E-state index contributed by atoms with van der Waals surface area (Å²) in [4.78, 5) is 11.4. The molecule has 1 aromatic carbocycles. The zero-order valence-corrected chi connectivity index (χ0v) is 18.0. The van der Waals surface area contributed by atoms with Crippen molar-refractivity contribution in [3.05, 3.63) is 70.8 Å². The van der Waals surface area contributed by atoms with E-state index in [1.807, 2.05) is 24.7 Å². The Hall–Kier alpha value is -2.44. The lowest BCUT2D eigenvalue weighted by Gasteiger charge is -2.46. The number of rotatable bonds is 3. The summed E-state index contributed by atoms with van der Waals surface area (Å²) in [6.45, 7) is 6.63. The Morgan fingerprint density at radius 2 is 2.00 bits per heavy atom. The molecule has 30 heavy (non-hydrogen) atoms. The SMILES string of the molecule is CC(C)c1ncc2n1-c1ccncc1NC21CCN(Cc2cc(Cl)ccc2F)CC1. The van der Waals surface area contributed by atoms with E-state index >= 15 is 0 Å². The van der Waals surface area contributed by atoms with Crippen LogP contribution >= 0.6 is 11.6 Å². The van der Waals surface area contributed by atoms with Crippen LogP contribution in [0.15, 0.2) is 42.9 Å². The van der Waals surface area contributed by atoms with E-state index in [0.29, 0.717) is 23.0 Å². The molecule has 0 bridgehead atoms. The second kappa shape index (κ2) is 7.36. The van der Waals surface area contributed by atoms with Gasteiger partial charge in [0.15, 0.2) is 0 Å². The molecule has 1 N–H and O–H groups in total. The minimum atomic E-state index is -0.199. The molecule has 156 valence electrons. The van der Waals surface area contributed by atoms with Crippen molar-refractivity contribution in [3.63, 3.8) is 0 Å². The Morgan fingerprint density at radius 3 is 2.77 bits per heavy atom. The molecule has 0 amide bonds. The van der Waals surface area contributed by atoms with Gasteiger partial charge in [-0.2, -0.15) is 0 Å². The first-order chi connectivity index (χ1) is 14.5. The molecule has 1 fully saturated rings. The van der Waals surface area contributed by atoms with Gasteiger partial charge in [0, 0.05) is 42.3 Å². The molecule has 0 unspecified atom stereocenters. The van der Waals surface area contributed by atoms with Gasteiger partial charge in [0.05, 0.1) is 35.0 Å². The lowest BCUT2D eigenvalue weighted by molar-refractivity contribution is 0.160. The molecule has 2 aliphatic rings. The molecule has 7 heteroatoms. The Labute approximate surface area is 180 Å². The van der Waals surface area contributed by atoms with Gasteiger partial charge in [-0.1, -0.05) is 25.4 Å². The van der Waals surface area contributed by atoms with E-state index in [-0.39, 0.29) is 11.4 Å². The van der Waals surface area contributed by atoms with Crippen LogP contribution in [0.5, 0.6) is 0 Å². The Kier molecular flexibility index (Phi) is 4.79. The molecule has 0 radical (unpaired) electrons. The average molecular weight is 426 g/mol. The zero-order valence-electron chi connectivity index (χ0n) is 17.2. The van der Waals surface area contributed by atoms with Crippen LogP contribution < -0.4 is 5.32 Å². The molecule has 2 aromatic heterocycles. The van der Waals surface area contributed by atoms with Gasteiger partial charge >= 0.3 is 0 Å². The highest BCUT2D eigenvalue weighted by Gasteiger charge is 2.43. The van der Waals surface area contributed by atoms with E-state index in [1.54, 1.807) is 12.1 Å². The van der Waals surface area contributed by atoms with Gasteiger partial charge in [-0.15, -0.1) is 0 Å². The summed E-state index contributed by atoms with van der Waals surface area (Å²) in [6.07, 6.45) is 7.57. The number of nitrogens with one attached hydrogen (secondary N) is 1. The maximum Gasteiger partial charge on any atom is 0.127 e. The van der Waals surface area contributed by atoms with Crippen molar-refractivity contribution in [2.75, 3.05) is 18.4 Å². The molecule has 0 saturated carbocycles.